The van der Waals surface area contributed by atoms with Crippen LogP contribution in [0.1, 0.15) is 29.6 Å². The first-order valence-electron chi connectivity index (χ1n) is 5.76. The van der Waals surface area contributed by atoms with Crippen LogP contribution < -0.4 is 5.32 Å². The molecule has 1 N–H and O–H groups in total. The van der Waals surface area contributed by atoms with Crippen molar-refractivity contribution in [2.75, 3.05) is 7.11 Å². The summed E-state index contributed by atoms with van der Waals surface area (Å²) in [6, 6.07) is 1.72. The smallest absolute Gasteiger partial charge is 0.254 e. The first-order chi connectivity index (χ1) is 8.61. The van der Waals surface area contributed by atoms with Crippen LogP contribution in [0.5, 0.6) is 0 Å². The molecule has 0 bridgehead atoms. The van der Waals surface area contributed by atoms with Gasteiger partial charge in [-0.1, -0.05) is 11.6 Å². The molecule has 6 heteroatoms. The fourth-order valence-corrected chi connectivity index (χ4v) is 2.72. The van der Waals surface area contributed by atoms with Crippen molar-refractivity contribution < 1.29 is 9.53 Å². The van der Waals surface area contributed by atoms with E-state index in [4.69, 9.17) is 16.3 Å². The summed E-state index contributed by atoms with van der Waals surface area (Å²) in [6.45, 7) is 0. The number of pyridine rings is 1. The lowest BCUT2D eigenvalue weighted by molar-refractivity contribution is 0.0722. The van der Waals surface area contributed by atoms with Crippen LogP contribution in [0.2, 0.25) is 5.15 Å². The standard InChI is InChI=1S/C12H14BrClN2O2/c1-18-10-4-2-3-9(10)16-12(17)8-5-7(13)6-15-11(8)14/h5-6,9-10H,2-4H2,1H3,(H,16,17). The van der Waals surface area contributed by atoms with E-state index in [1.807, 2.05) is 0 Å². The van der Waals surface area contributed by atoms with E-state index in [9.17, 15) is 4.79 Å². The fraction of sp³-hybridized carbons (Fsp3) is 0.500. The summed E-state index contributed by atoms with van der Waals surface area (Å²) in [5, 5.41) is 3.17. The van der Waals surface area contributed by atoms with Crippen LogP contribution in [0.4, 0.5) is 0 Å². The van der Waals surface area contributed by atoms with E-state index in [0.717, 1.165) is 23.7 Å². The normalized spacial score (nSPS) is 23.1. The second-order valence-corrected chi connectivity index (χ2v) is 5.55. The van der Waals surface area contributed by atoms with Crippen molar-refractivity contribution >= 4 is 33.4 Å². The Morgan fingerprint density at radius 2 is 2.39 bits per heavy atom. The minimum atomic E-state index is -0.206. The molecule has 2 unspecified atom stereocenters. The minimum Gasteiger partial charge on any atom is -0.379 e. The molecular formula is C12H14BrClN2O2. The number of nitrogens with zero attached hydrogens (tertiary/aromatic N) is 1. The van der Waals surface area contributed by atoms with Gasteiger partial charge in [-0.25, -0.2) is 4.98 Å². The van der Waals surface area contributed by atoms with Crippen LogP contribution >= 0.6 is 27.5 Å². The Morgan fingerprint density at radius 3 is 3.11 bits per heavy atom. The van der Waals surface area contributed by atoms with E-state index in [-0.39, 0.29) is 23.2 Å². The molecule has 2 rings (SSSR count). The van der Waals surface area contributed by atoms with Crippen molar-refractivity contribution in [1.29, 1.82) is 0 Å². The van der Waals surface area contributed by atoms with Gasteiger partial charge in [0, 0.05) is 17.8 Å². The van der Waals surface area contributed by atoms with Crippen LogP contribution in [0.3, 0.4) is 0 Å². The number of ether oxygens (including phenoxy) is 1. The Balaban J connectivity index is 2.09. The maximum Gasteiger partial charge on any atom is 0.254 e. The lowest BCUT2D eigenvalue weighted by Crippen LogP contribution is -2.40. The number of amides is 1. The Morgan fingerprint density at radius 1 is 1.61 bits per heavy atom. The second-order valence-electron chi connectivity index (χ2n) is 4.28. The van der Waals surface area contributed by atoms with Crippen molar-refractivity contribution in [2.45, 2.75) is 31.4 Å². The SMILES string of the molecule is COC1CCCC1NC(=O)c1cc(Br)cnc1Cl. The molecule has 1 aliphatic rings. The molecule has 0 aromatic carbocycles. The van der Waals surface area contributed by atoms with Gasteiger partial charge in [-0.05, 0) is 41.3 Å². The Hall–Kier alpha value is -0.650. The lowest BCUT2D eigenvalue weighted by atomic mass is 10.2. The molecular weight excluding hydrogens is 320 g/mol. The Kier molecular flexibility index (Phi) is 4.59. The fourth-order valence-electron chi connectivity index (χ4n) is 2.20. The highest BCUT2D eigenvalue weighted by Crippen LogP contribution is 2.23. The van der Waals surface area contributed by atoms with Gasteiger partial charge in [0.15, 0.2) is 0 Å². The summed E-state index contributed by atoms with van der Waals surface area (Å²) >= 11 is 9.20. The Labute approximate surface area is 119 Å². The number of carbonyl (C=O) groups is 1. The van der Waals surface area contributed by atoms with Crippen molar-refractivity contribution in [3.8, 4) is 0 Å². The van der Waals surface area contributed by atoms with E-state index in [0.29, 0.717) is 5.56 Å². The molecule has 2 atom stereocenters. The molecule has 1 fully saturated rings. The average Bonchev–Trinajstić information content (AvgIpc) is 2.79. The number of methoxy groups -OCH3 is 1. The molecule has 1 aromatic rings. The third kappa shape index (κ3) is 3.02. The quantitative estimate of drug-likeness (QED) is 0.865. The van der Waals surface area contributed by atoms with E-state index in [2.05, 4.69) is 26.2 Å². The number of aromatic nitrogens is 1. The van der Waals surface area contributed by atoms with Gasteiger partial charge in [0.25, 0.3) is 5.91 Å². The molecule has 0 spiro atoms. The van der Waals surface area contributed by atoms with Gasteiger partial charge in [0.05, 0.1) is 17.7 Å². The van der Waals surface area contributed by atoms with Crippen molar-refractivity contribution in [1.82, 2.24) is 10.3 Å². The van der Waals surface area contributed by atoms with E-state index >= 15 is 0 Å². The average molecular weight is 334 g/mol. The van der Waals surface area contributed by atoms with E-state index < -0.39 is 0 Å². The first-order valence-corrected chi connectivity index (χ1v) is 6.93. The largest absolute Gasteiger partial charge is 0.379 e. The molecule has 1 heterocycles. The maximum atomic E-state index is 12.1. The second kappa shape index (κ2) is 5.99. The van der Waals surface area contributed by atoms with Crippen LogP contribution in [0, 0.1) is 0 Å². The lowest BCUT2D eigenvalue weighted by Gasteiger charge is -2.19. The predicted molar refractivity (Wildman–Crippen MR) is 72.8 cm³/mol. The summed E-state index contributed by atoms with van der Waals surface area (Å²) in [4.78, 5) is 16.1. The predicted octanol–water partition coefficient (Wildman–Crippen LogP) is 2.79. The van der Waals surface area contributed by atoms with E-state index in [1.54, 1.807) is 19.4 Å². The van der Waals surface area contributed by atoms with Gasteiger partial charge >= 0.3 is 0 Å². The molecule has 98 valence electrons. The molecule has 1 amide bonds. The van der Waals surface area contributed by atoms with Crippen LogP contribution in [0.15, 0.2) is 16.7 Å². The number of hydrogen-bond acceptors (Lipinski definition) is 3. The van der Waals surface area contributed by atoms with Crippen LogP contribution in [-0.2, 0) is 4.74 Å². The third-order valence-electron chi connectivity index (χ3n) is 3.12. The summed E-state index contributed by atoms with van der Waals surface area (Å²) in [7, 11) is 1.67. The molecule has 1 aliphatic carbocycles. The van der Waals surface area contributed by atoms with Gasteiger partial charge in [0.1, 0.15) is 5.15 Å². The molecule has 0 saturated heterocycles. The van der Waals surface area contributed by atoms with Crippen molar-refractivity contribution in [3.63, 3.8) is 0 Å². The monoisotopic (exact) mass is 332 g/mol. The van der Waals surface area contributed by atoms with Gasteiger partial charge in [-0.2, -0.15) is 0 Å². The van der Waals surface area contributed by atoms with Gasteiger partial charge in [-0.15, -0.1) is 0 Å². The van der Waals surface area contributed by atoms with Crippen molar-refractivity contribution in [2.24, 2.45) is 0 Å². The molecule has 18 heavy (non-hydrogen) atoms. The third-order valence-corrected chi connectivity index (χ3v) is 3.86. The molecule has 4 nitrogen and oxygen atoms in total. The summed E-state index contributed by atoms with van der Waals surface area (Å²) in [5.41, 5.74) is 0.382. The summed E-state index contributed by atoms with van der Waals surface area (Å²) in [6.07, 6.45) is 4.63. The Bertz CT molecular complexity index is 456. The highest BCUT2D eigenvalue weighted by Gasteiger charge is 2.29. The highest BCUT2D eigenvalue weighted by molar-refractivity contribution is 9.10. The molecule has 1 aromatic heterocycles. The zero-order chi connectivity index (χ0) is 13.1. The topological polar surface area (TPSA) is 51.2 Å². The summed E-state index contributed by atoms with van der Waals surface area (Å²) in [5.74, 6) is -0.206. The van der Waals surface area contributed by atoms with Gasteiger partial charge < -0.3 is 10.1 Å². The number of halogens is 2. The van der Waals surface area contributed by atoms with Crippen molar-refractivity contribution in [3.05, 3.63) is 27.5 Å². The molecule has 1 saturated carbocycles. The summed E-state index contributed by atoms with van der Waals surface area (Å²) < 4.78 is 6.07. The number of carbonyl (C=O) groups excluding carboxylic acids is 1. The minimum absolute atomic E-state index is 0.0533. The zero-order valence-corrected chi connectivity index (χ0v) is 12.3. The highest BCUT2D eigenvalue weighted by atomic mass is 79.9. The van der Waals surface area contributed by atoms with Crippen LogP contribution in [0.25, 0.3) is 0 Å². The van der Waals surface area contributed by atoms with Crippen LogP contribution in [-0.4, -0.2) is 30.1 Å². The zero-order valence-electron chi connectivity index (χ0n) is 9.95. The first kappa shape index (κ1) is 13.8. The number of rotatable bonds is 3. The molecule has 0 aliphatic heterocycles. The van der Waals surface area contributed by atoms with E-state index in [1.165, 1.54) is 0 Å². The number of nitrogens with one attached hydrogen (secondary N) is 1. The molecule has 0 radical (unpaired) electrons. The van der Waals surface area contributed by atoms with Gasteiger partial charge in [0.2, 0.25) is 0 Å². The van der Waals surface area contributed by atoms with Gasteiger partial charge in [-0.3, -0.25) is 4.79 Å². The number of hydrogen-bond donors (Lipinski definition) is 1. The maximum absolute atomic E-state index is 12.1.